The average Bonchev–Trinajstić information content (AvgIpc) is 2.18. The van der Waals surface area contributed by atoms with Crippen LogP contribution in [0.3, 0.4) is 0 Å². The van der Waals surface area contributed by atoms with E-state index in [1.807, 2.05) is 17.7 Å². The molecule has 1 aromatic heterocycles. The van der Waals surface area contributed by atoms with Crippen LogP contribution >= 0.6 is 0 Å². The summed E-state index contributed by atoms with van der Waals surface area (Å²) >= 11 is 0. The molecular weight excluding hydrogens is 306 g/mol. The van der Waals surface area contributed by atoms with Crippen molar-refractivity contribution in [2.45, 2.75) is 13.5 Å². The molecule has 0 aliphatic carbocycles. The molecule has 3 nitrogen and oxygen atoms in total. The third kappa shape index (κ3) is 2.21. The van der Waals surface area contributed by atoms with Crippen molar-refractivity contribution in [1.29, 1.82) is 0 Å². The van der Waals surface area contributed by atoms with Gasteiger partial charge < -0.3 is 10.3 Å². The number of rotatable bonds is 2. The summed E-state index contributed by atoms with van der Waals surface area (Å²) in [5.41, 5.74) is 6.93. The molecule has 1 heterocycles. The van der Waals surface area contributed by atoms with Gasteiger partial charge in [-0.3, -0.25) is 0 Å². The SMILES string of the molecule is Cc1nccn1CC[NH-].[Ir]. The Labute approximate surface area is 74.0 Å². The first-order chi connectivity index (χ1) is 4.34. The third-order valence-corrected chi connectivity index (χ3v) is 1.28. The molecule has 1 N–H and O–H groups in total. The molecule has 0 amide bonds. The van der Waals surface area contributed by atoms with Gasteiger partial charge in [-0.2, -0.15) is 0 Å². The van der Waals surface area contributed by atoms with Crippen LogP contribution in [0.5, 0.6) is 0 Å². The van der Waals surface area contributed by atoms with Crippen molar-refractivity contribution >= 4 is 0 Å². The first-order valence-electron chi connectivity index (χ1n) is 2.97. The van der Waals surface area contributed by atoms with Gasteiger partial charge in [0.2, 0.25) is 0 Å². The maximum Gasteiger partial charge on any atom is 0.105 e. The number of nitrogens with one attached hydrogen (secondary N) is 1. The zero-order valence-corrected chi connectivity index (χ0v) is 8.19. The van der Waals surface area contributed by atoms with Gasteiger partial charge in [-0.15, -0.1) is 6.54 Å². The van der Waals surface area contributed by atoms with Gasteiger partial charge in [0, 0.05) is 39.0 Å². The molecule has 0 saturated heterocycles. The topological polar surface area (TPSA) is 41.6 Å². The minimum Gasteiger partial charge on any atom is -0.676 e. The van der Waals surface area contributed by atoms with Crippen LogP contribution in [-0.4, -0.2) is 16.1 Å². The van der Waals surface area contributed by atoms with Crippen LogP contribution in [0.4, 0.5) is 0 Å². The van der Waals surface area contributed by atoms with Crippen LogP contribution in [0.15, 0.2) is 12.4 Å². The van der Waals surface area contributed by atoms with E-state index in [1.54, 1.807) is 6.20 Å². The van der Waals surface area contributed by atoms with Crippen LogP contribution in [0.2, 0.25) is 0 Å². The van der Waals surface area contributed by atoms with Gasteiger partial charge in [0.1, 0.15) is 5.82 Å². The second-order valence-corrected chi connectivity index (χ2v) is 1.92. The molecule has 59 valence electrons. The summed E-state index contributed by atoms with van der Waals surface area (Å²) in [6.45, 7) is 3.12. The molecule has 0 atom stereocenters. The number of hydrogen-bond acceptors (Lipinski definition) is 1. The van der Waals surface area contributed by atoms with E-state index in [2.05, 4.69) is 4.98 Å². The standard InChI is InChI=1S/C6H10N3.Ir/c1-6-8-3-5-9(6)4-2-7;/h3,5,7H,2,4H2,1H3;/q-1;. The van der Waals surface area contributed by atoms with Crippen molar-refractivity contribution in [1.82, 2.24) is 9.55 Å². The second kappa shape index (κ2) is 4.61. The molecule has 0 aliphatic rings. The Bertz CT molecular complexity index is 185. The molecular formula is C6H10IrN3-. The molecule has 0 saturated carbocycles. The zero-order chi connectivity index (χ0) is 6.69. The summed E-state index contributed by atoms with van der Waals surface area (Å²) in [6.07, 6.45) is 3.65. The first-order valence-corrected chi connectivity index (χ1v) is 2.97. The van der Waals surface area contributed by atoms with Crippen molar-refractivity contribution in [3.8, 4) is 0 Å². The van der Waals surface area contributed by atoms with Gasteiger partial charge in [-0.1, -0.05) is 0 Å². The molecule has 10 heavy (non-hydrogen) atoms. The molecule has 1 aromatic rings. The van der Waals surface area contributed by atoms with Crippen molar-refractivity contribution in [3.05, 3.63) is 24.0 Å². The Morgan fingerprint density at radius 2 is 2.40 bits per heavy atom. The summed E-state index contributed by atoms with van der Waals surface area (Å²) in [7, 11) is 0. The molecule has 0 spiro atoms. The molecule has 0 fully saturated rings. The summed E-state index contributed by atoms with van der Waals surface area (Å²) in [5.74, 6) is 0.988. The van der Waals surface area contributed by atoms with Gasteiger partial charge in [0.05, 0.1) is 0 Å². The molecule has 0 aromatic carbocycles. The van der Waals surface area contributed by atoms with Gasteiger partial charge in [-0.25, -0.2) is 4.98 Å². The van der Waals surface area contributed by atoms with Gasteiger partial charge in [-0.05, 0) is 6.92 Å². The third-order valence-electron chi connectivity index (χ3n) is 1.28. The van der Waals surface area contributed by atoms with Crippen LogP contribution in [0, 0.1) is 6.92 Å². The van der Waals surface area contributed by atoms with Crippen molar-refractivity contribution in [3.63, 3.8) is 0 Å². The van der Waals surface area contributed by atoms with Crippen molar-refractivity contribution in [2.24, 2.45) is 0 Å². The van der Waals surface area contributed by atoms with Crippen molar-refractivity contribution < 1.29 is 20.1 Å². The fourth-order valence-electron chi connectivity index (χ4n) is 0.760. The fraction of sp³-hybridized carbons (Fsp3) is 0.500. The largest absolute Gasteiger partial charge is 0.676 e. The summed E-state index contributed by atoms with van der Waals surface area (Å²) < 4.78 is 1.97. The molecule has 0 bridgehead atoms. The predicted octanol–water partition coefficient (Wildman–Crippen LogP) is 1.24. The van der Waals surface area contributed by atoms with E-state index in [0.717, 1.165) is 12.4 Å². The number of hydrogen-bond donors (Lipinski definition) is 0. The normalized spacial score (nSPS) is 9.00. The van der Waals surface area contributed by atoms with E-state index < -0.39 is 0 Å². The Kier molecular flexibility index (Phi) is 4.52. The first kappa shape index (κ1) is 9.82. The second-order valence-electron chi connectivity index (χ2n) is 1.92. The molecule has 1 rings (SSSR count). The zero-order valence-electron chi connectivity index (χ0n) is 5.80. The van der Waals surface area contributed by atoms with Gasteiger partial charge >= 0.3 is 0 Å². The summed E-state index contributed by atoms with van der Waals surface area (Å²) in [6, 6.07) is 0. The minimum absolute atomic E-state index is 0. The van der Waals surface area contributed by atoms with Gasteiger partial charge in [0.25, 0.3) is 0 Å². The average molecular weight is 316 g/mol. The fourth-order valence-corrected chi connectivity index (χ4v) is 0.760. The monoisotopic (exact) mass is 317 g/mol. The predicted molar refractivity (Wildman–Crippen MR) is 36.2 cm³/mol. The smallest absolute Gasteiger partial charge is 0.105 e. The van der Waals surface area contributed by atoms with Crippen LogP contribution in [0.25, 0.3) is 5.73 Å². The number of aromatic nitrogens is 2. The number of aryl methyl sites for hydroxylation is 1. The van der Waals surface area contributed by atoms with Crippen molar-refractivity contribution in [2.75, 3.05) is 6.54 Å². The Morgan fingerprint density at radius 1 is 1.70 bits per heavy atom. The van der Waals surface area contributed by atoms with E-state index in [-0.39, 0.29) is 20.1 Å². The number of nitrogens with zero attached hydrogens (tertiary/aromatic N) is 2. The quantitative estimate of drug-likeness (QED) is 0.809. The van der Waals surface area contributed by atoms with Crippen LogP contribution in [-0.2, 0) is 26.7 Å². The summed E-state index contributed by atoms with van der Waals surface area (Å²) in [5, 5.41) is 0. The molecule has 0 aliphatic heterocycles. The Balaban J connectivity index is 0.000000810. The Morgan fingerprint density at radius 3 is 2.80 bits per heavy atom. The van der Waals surface area contributed by atoms with Crippen LogP contribution in [0.1, 0.15) is 5.82 Å². The summed E-state index contributed by atoms with van der Waals surface area (Å²) in [4.78, 5) is 4.01. The van der Waals surface area contributed by atoms with E-state index >= 15 is 0 Å². The van der Waals surface area contributed by atoms with E-state index in [0.29, 0.717) is 6.54 Å². The van der Waals surface area contributed by atoms with Crippen LogP contribution < -0.4 is 0 Å². The molecule has 4 heteroatoms. The maximum atomic E-state index is 6.93. The molecule has 0 unspecified atom stereocenters. The molecule has 1 radical (unpaired) electrons. The minimum atomic E-state index is 0. The Hall–Kier alpha value is -0.181. The maximum absolute atomic E-state index is 6.93. The van der Waals surface area contributed by atoms with Gasteiger partial charge in [0.15, 0.2) is 0 Å². The number of imidazole rings is 1. The van der Waals surface area contributed by atoms with E-state index in [9.17, 15) is 0 Å². The van der Waals surface area contributed by atoms with E-state index in [4.69, 9.17) is 5.73 Å². The van der Waals surface area contributed by atoms with E-state index in [1.165, 1.54) is 0 Å².